The van der Waals surface area contributed by atoms with Crippen molar-refractivity contribution < 1.29 is 14.3 Å². The molecule has 4 nitrogen and oxygen atoms in total. The van der Waals surface area contributed by atoms with Gasteiger partial charge in [-0.1, -0.05) is 23.4 Å². The number of aliphatic hydroxyl groups excluding tert-OH is 1. The second kappa shape index (κ2) is 6.80. The van der Waals surface area contributed by atoms with E-state index in [1.807, 2.05) is 0 Å². The lowest BCUT2D eigenvalue weighted by molar-refractivity contribution is 0.0996. The SMILES string of the molecule is O=C(Nc1ccc(Cl)cc1C#CCCO)c1ccco1. The molecule has 0 saturated carbocycles. The lowest BCUT2D eigenvalue weighted by Crippen LogP contribution is -2.11. The van der Waals surface area contributed by atoms with Crippen LogP contribution < -0.4 is 5.32 Å². The van der Waals surface area contributed by atoms with Gasteiger partial charge in [0, 0.05) is 17.0 Å². The number of furan rings is 1. The molecule has 0 aliphatic carbocycles. The number of halogens is 1. The van der Waals surface area contributed by atoms with Crippen LogP contribution in [0.25, 0.3) is 0 Å². The molecule has 0 aliphatic rings. The highest BCUT2D eigenvalue weighted by molar-refractivity contribution is 6.30. The zero-order valence-electron chi connectivity index (χ0n) is 10.5. The summed E-state index contributed by atoms with van der Waals surface area (Å²) in [4.78, 5) is 11.9. The van der Waals surface area contributed by atoms with Crippen molar-refractivity contribution in [3.63, 3.8) is 0 Å². The molecular weight excluding hydrogens is 278 g/mol. The minimum Gasteiger partial charge on any atom is -0.459 e. The first-order chi connectivity index (χ1) is 9.70. The van der Waals surface area contributed by atoms with E-state index in [9.17, 15) is 4.79 Å². The van der Waals surface area contributed by atoms with Crippen molar-refractivity contribution >= 4 is 23.2 Å². The molecule has 5 heteroatoms. The molecule has 1 heterocycles. The fourth-order valence-electron chi connectivity index (χ4n) is 1.53. The minimum atomic E-state index is -0.359. The highest BCUT2D eigenvalue weighted by Gasteiger charge is 2.10. The zero-order chi connectivity index (χ0) is 14.4. The molecule has 1 aromatic heterocycles. The quantitative estimate of drug-likeness (QED) is 0.854. The third kappa shape index (κ3) is 3.64. The van der Waals surface area contributed by atoms with Gasteiger partial charge < -0.3 is 14.8 Å². The molecule has 2 aromatic rings. The van der Waals surface area contributed by atoms with E-state index in [1.165, 1.54) is 6.26 Å². The maximum absolute atomic E-state index is 11.9. The van der Waals surface area contributed by atoms with Crippen LogP contribution in [0.15, 0.2) is 41.0 Å². The standard InChI is InChI=1S/C15H12ClNO3/c16-12-6-7-13(11(10-12)4-1-2-8-18)17-15(19)14-5-3-9-20-14/h3,5-7,9-10,18H,2,8H2,(H,17,19). The van der Waals surface area contributed by atoms with Gasteiger partial charge in [0.2, 0.25) is 0 Å². The molecule has 0 bridgehead atoms. The van der Waals surface area contributed by atoms with Gasteiger partial charge in [-0.05, 0) is 30.3 Å². The highest BCUT2D eigenvalue weighted by Crippen LogP contribution is 2.20. The molecule has 1 aromatic carbocycles. The van der Waals surface area contributed by atoms with Crippen LogP contribution in [0.4, 0.5) is 5.69 Å². The Balaban J connectivity index is 2.23. The first-order valence-electron chi connectivity index (χ1n) is 5.95. The second-order valence-corrected chi connectivity index (χ2v) is 4.33. The summed E-state index contributed by atoms with van der Waals surface area (Å²) in [5.41, 5.74) is 1.13. The van der Waals surface area contributed by atoms with E-state index in [0.29, 0.717) is 22.7 Å². The Kier molecular flexibility index (Phi) is 4.83. The van der Waals surface area contributed by atoms with Gasteiger partial charge in [0.1, 0.15) is 0 Å². The van der Waals surface area contributed by atoms with Gasteiger partial charge in [-0.3, -0.25) is 4.79 Å². The van der Waals surface area contributed by atoms with Crippen LogP contribution in [-0.4, -0.2) is 17.6 Å². The lowest BCUT2D eigenvalue weighted by Gasteiger charge is -2.06. The monoisotopic (exact) mass is 289 g/mol. The minimum absolute atomic E-state index is 0.0122. The zero-order valence-corrected chi connectivity index (χ0v) is 11.3. The summed E-state index contributed by atoms with van der Waals surface area (Å²) in [6.45, 7) is -0.0122. The Morgan fingerprint density at radius 2 is 2.25 bits per heavy atom. The number of amides is 1. The van der Waals surface area contributed by atoms with Crippen molar-refractivity contribution in [2.24, 2.45) is 0 Å². The largest absolute Gasteiger partial charge is 0.459 e. The average molecular weight is 290 g/mol. The molecule has 2 rings (SSSR count). The van der Waals surface area contributed by atoms with Crippen molar-refractivity contribution in [2.45, 2.75) is 6.42 Å². The van der Waals surface area contributed by atoms with E-state index in [1.54, 1.807) is 30.3 Å². The Morgan fingerprint density at radius 3 is 2.95 bits per heavy atom. The number of carbonyl (C=O) groups excluding carboxylic acids is 1. The maximum atomic E-state index is 11.9. The lowest BCUT2D eigenvalue weighted by atomic mass is 10.1. The van der Waals surface area contributed by atoms with Gasteiger partial charge in [-0.15, -0.1) is 0 Å². The van der Waals surface area contributed by atoms with Crippen LogP contribution in [0, 0.1) is 11.8 Å². The van der Waals surface area contributed by atoms with Gasteiger partial charge in [-0.25, -0.2) is 0 Å². The summed E-state index contributed by atoms with van der Waals surface area (Å²) >= 11 is 5.92. The van der Waals surface area contributed by atoms with Crippen LogP contribution in [0.5, 0.6) is 0 Å². The number of hydrogen-bond donors (Lipinski definition) is 2. The fourth-order valence-corrected chi connectivity index (χ4v) is 1.71. The predicted octanol–water partition coefficient (Wildman–Crippen LogP) is 2.92. The second-order valence-electron chi connectivity index (χ2n) is 3.90. The van der Waals surface area contributed by atoms with Crippen LogP contribution in [0.3, 0.4) is 0 Å². The maximum Gasteiger partial charge on any atom is 0.291 e. The highest BCUT2D eigenvalue weighted by atomic mass is 35.5. The van der Waals surface area contributed by atoms with E-state index in [2.05, 4.69) is 17.2 Å². The number of rotatable bonds is 3. The number of anilines is 1. The molecule has 0 spiro atoms. The van der Waals surface area contributed by atoms with Crippen LogP contribution in [-0.2, 0) is 0 Å². The van der Waals surface area contributed by atoms with Gasteiger partial charge in [0.05, 0.1) is 18.6 Å². The fraction of sp³-hybridized carbons (Fsp3) is 0.133. The summed E-state index contributed by atoms with van der Waals surface area (Å²) in [6, 6.07) is 8.20. The van der Waals surface area contributed by atoms with E-state index >= 15 is 0 Å². The van der Waals surface area contributed by atoms with Crippen LogP contribution in [0.2, 0.25) is 5.02 Å². The molecule has 102 valence electrons. The normalized spacial score (nSPS) is 9.70. The number of benzene rings is 1. The molecule has 2 N–H and O–H groups in total. The van der Waals surface area contributed by atoms with Gasteiger partial charge in [0.25, 0.3) is 5.91 Å². The molecule has 0 fully saturated rings. The van der Waals surface area contributed by atoms with Crippen LogP contribution >= 0.6 is 11.6 Å². The first-order valence-corrected chi connectivity index (χ1v) is 6.32. The van der Waals surface area contributed by atoms with Gasteiger partial charge >= 0.3 is 0 Å². The number of aliphatic hydroxyl groups is 1. The third-order valence-electron chi connectivity index (χ3n) is 2.43. The molecule has 0 unspecified atom stereocenters. The molecule has 0 saturated heterocycles. The predicted molar refractivity (Wildman–Crippen MR) is 76.7 cm³/mol. The van der Waals surface area contributed by atoms with Crippen molar-refractivity contribution in [2.75, 3.05) is 11.9 Å². The van der Waals surface area contributed by atoms with Gasteiger partial charge in [0.15, 0.2) is 5.76 Å². The topological polar surface area (TPSA) is 62.5 Å². The first kappa shape index (κ1) is 14.2. The summed E-state index contributed by atoms with van der Waals surface area (Å²) in [6.07, 6.45) is 1.79. The summed E-state index contributed by atoms with van der Waals surface area (Å²) in [7, 11) is 0. The summed E-state index contributed by atoms with van der Waals surface area (Å²) in [5.74, 6) is 5.52. The Morgan fingerprint density at radius 1 is 1.40 bits per heavy atom. The van der Waals surface area contributed by atoms with E-state index < -0.39 is 0 Å². The summed E-state index contributed by atoms with van der Waals surface area (Å²) in [5, 5.41) is 12.0. The number of nitrogens with one attached hydrogen (secondary N) is 1. The molecule has 0 radical (unpaired) electrons. The Hall–Kier alpha value is -2.22. The summed E-state index contributed by atoms with van der Waals surface area (Å²) < 4.78 is 5.02. The van der Waals surface area contributed by atoms with Crippen molar-refractivity contribution in [3.05, 3.63) is 52.9 Å². The van der Waals surface area contributed by atoms with E-state index in [0.717, 1.165) is 0 Å². The van der Waals surface area contributed by atoms with E-state index in [-0.39, 0.29) is 18.3 Å². The number of hydrogen-bond acceptors (Lipinski definition) is 3. The third-order valence-corrected chi connectivity index (χ3v) is 2.67. The molecule has 1 amide bonds. The Labute approximate surface area is 121 Å². The van der Waals surface area contributed by atoms with Crippen molar-refractivity contribution in [1.82, 2.24) is 0 Å². The Bertz CT molecular complexity index is 653. The van der Waals surface area contributed by atoms with Gasteiger partial charge in [-0.2, -0.15) is 0 Å². The van der Waals surface area contributed by atoms with Crippen molar-refractivity contribution in [1.29, 1.82) is 0 Å². The molecule has 0 atom stereocenters. The molecule has 0 aliphatic heterocycles. The van der Waals surface area contributed by atoms with Crippen LogP contribution in [0.1, 0.15) is 22.5 Å². The smallest absolute Gasteiger partial charge is 0.291 e. The van der Waals surface area contributed by atoms with E-state index in [4.69, 9.17) is 21.1 Å². The average Bonchev–Trinajstić information content (AvgIpc) is 2.96. The molecular formula is C15H12ClNO3. The molecule has 20 heavy (non-hydrogen) atoms. The van der Waals surface area contributed by atoms with Crippen molar-refractivity contribution in [3.8, 4) is 11.8 Å². The number of carbonyl (C=O) groups is 1.